The Balaban J connectivity index is 1.68. The molecule has 6 heteroatoms. The van der Waals surface area contributed by atoms with Crippen molar-refractivity contribution in [3.8, 4) is 0 Å². The van der Waals surface area contributed by atoms with Crippen molar-refractivity contribution in [1.82, 2.24) is 30.5 Å². The second-order valence-electron chi connectivity index (χ2n) is 5.94. The maximum atomic E-state index is 4.62. The molecule has 1 aromatic carbocycles. The van der Waals surface area contributed by atoms with Crippen LogP contribution in [-0.2, 0) is 13.1 Å². The van der Waals surface area contributed by atoms with Crippen LogP contribution in [0.4, 0.5) is 0 Å². The maximum absolute atomic E-state index is 4.62. The summed E-state index contributed by atoms with van der Waals surface area (Å²) in [6, 6.07) is 6.52. The summed E-state index contributed by atoms with van der Waals surface area (Å²) in [6.07, 6.45) is 0. The van der Waals surface area contributed by atoms with Crippen molar-refractivity contribution in [2.24, 2.45) is 0 Å². The minimum Gasteiger partial charge on any atom is -0.308 e. The molecule has 0 aliphatic rings. The Morgan fingerprint density at radius 1 is 1.14 bits per heavy atom. The van der Waals surface area contributed by atoms with E-state index in [1.807, 2.05) is 6.07 Å². The van der Waals surface area contributed by atoms with Crippen LogP contribution in [0, 0.1) is 13.8 Å². The molecule has 0 bridgehead atoms. The molecule has 2 heterocycles. The molecule has 0 saturated heterocycles. The third kappa shape index (κ3) is 2.74. The summed E-state index contributed by atoms with van der Waals surface area (Å²) in [5, 5.41) is 18.9. The Morgan fingerprint density at radius 2 is 1.91 bits per heavy atom. The molecule has 22 heavy (non-hydrogen) atoms. The molecule has 3 aromatic rings. The molecule has 2 N–H and O–H groups in total. The lowest BCUT2D eigenvalue weighted by molar-refractivity contribution is 0.515. The number of hydrogen-bond acceptors (Lipinski definition) is 4. The van der Waals surface area contributed by atoms with Gasteiger partial charge in [0.1, 0.15) is 11.0 Å². The summed E-state index contributed by atoms with van der Waals surface area (Å²) in [7, 11) is 0. The van der Waals surface area contributed by atoms with Crippen LogP contribution < -0.4 is 5.32 Å². The number of aryl methyl sites for hydroxylation is 1. The van der Waals surface area contributed by atoms with Gasteiger partial charge in [-0.3, -0.25) is 4.68 Å². The average Bonchev–Trinajstić information content (AvgIpc) is 3.05. The number of nitrogens with one attached hydrogen (secondary N) is 2. The Morgan fingerprint density at radius 3 is 2.64 bits per heavy atom. The summed E-state index contributed by atoms with van der Waals surface area (Å²) in [4.78, 5) is 0. The van der Waals surface area contributed by atoms with Crippen LogP contribution in [0.5, 0.6) is 0 Å². The van der Waals surface area contributed by atoms with Gasteiger partial charge in [-0.1, -0.05) is 6.07 Å². The first-order chi connectivity index (χ1) is 10.6. The van der Waals surface area contributed by atoms with Gasteiger partial charge in [-0.15, -0.1) is 0 Å². The number of H-pyrrole nitrogens is 1. The number of aromatic amines is 1. The first kappa shape index (κ1) is 14.7. The fraction of sp³-hybridized carbons (Fsp3) is 0.438. The number of benzene rings is 1. The van der Waals surface area contributed by atoms with E-state index in [4.69, 9.17) is 0 Å². The Kier molecular flexibility index (Phi) is 3.94. The van der Waals surface area contributed by atoms with Crippen LogP contribution >= 0.6 is 0 Å². The van der Waals surface area contributed by atoms with Crippen molar-refractivity contribution in [2.45, 2.75) is 46.8 Å². The van der Waals surface area contributed by atoms with Crippen LogP contribution in [0.3, 0.4) is 0 Å². The second kappa shape index (κ2) is 5.88. The lowest BCUT2D eigenvalue weighted by atomic mass is 10.1. The van der Waals surface area contributed by atoms with Gasteiger partial charge < -0.3 is 5.32 Å². The fourth-order valence-corrected chi connectivity index (χ4v) is 2.78. The zero-order valence-electron chi connectivity index (χ0n) is 13.5. The van der Waals surface area contributed by atoms with Crippen molar-refractivity contribution >= 4 is 11.0 Å². The lowest BCUT2D eigenvalue weighted by Crippen LogP contribution is -2.14. The van der Waals surface area contributed by atoms with Crippen molar-refractivity contribution in [3.63, 3.8) is 0 Å². The number of rotatable bonds is 5. The minimum atomic E-state index is 0.391. The van der Waals surface area contributed by atoms with Crippen molar-refractivity contribution in [1.29, 1.82) is 0 Å². The summed E-state index contributed by atoms with van der Waals surface area (Å²) in [6.45, 7) is 10.1. The average molecular weight is 298 g/mol. The van der Waals surface area contributed by atoms with E-state index in [0.29, 0.717) is 6.04 Å². The van der Waals surface area contributed by atoms with Crippen molar-refractivity contribution < 1.29 is 0 Å². The van der Waals surface area contributed by atoms with Gasteiger partial charge in [-0.25, -0.2) is 0 Å². The van der Waals surface area contributed by atoms with E-state index in [9.17, 15) is 0 Å². The van der Waals surface area contributed by atoms with Crippen LogP contribution in [0.1, 0.15) is 42.4 Å². The molecule has 0 fully saturated rings. The van der Waals surface area contributed by atoms with Gasteiger partial charge >= 0.3 is 0 Å². The minimum absolute atomic E-state index is 0.391. The standard InChI is InChI=1S/C16H22N6/c1-10(2)22-12(4)14(11(3)20-22)9-17-8-13-5-6-15-16(7-13)19-21-18-15/h5-7,10,17H,8-9H2,1-4H3,(H,18,19,21). The molecular formula is C16H22N6. The molecule has 0 atom stereocenters. The summed E-state index contributed by atoms with van der Waals surface area (Å²) in [5.41, 5.74) is 6.63. The summed E-state index contributed by atoms with van der Waals surface area (Å²) in [5.74, 6) is 0. The van der Waals surface area contributed by atoms with Crippen LogP contribution in [0.15, 0.2) is 18.2 Å². The largest absolute Gasteiger partial charge is 0.308 e. The van der Waals surface area contributed by atoms with Gasteiger partial charge in [0.25, 0.3) is 0 Å². The van der Waals surface area contributed by atoms with Crippen molar-refractivity contribution in [3.05, 3.63) is 40.7 Å². The number of aromatic nitrogens is 5. The van der Waals surface area contributed by atoms with Gasteiger partial charge in [-0.05, 0) is 45.4 Å². The van der Waals surface area contributed by atoms with E-state index < -0.39 is 0 Å². The molecule has 116 valence electrons. The Labute approximate surface area is 129 Å². The van der Waals surface area contributed by atoms with Crippen LogP contribution in [-0.4, -0.2) is 25.2 Å². The molecule has 2 aromatic heterocycles. The van der Waals surface area contributed by atoms with E-state index in [0.717, 1.165) is 29.8 Å². The highest BCUT2D eigenvalue weighted by Crippen LogP contribution is 2.17. The molecular weight excluding hydrogens is 276 g/mol. The molecule has 6 nitrogen and oxygen atoms in total. The van der Waals surface area contributed by atoms with Gasteiger partial charge in [0.15, 0.2) is 0 Å². The monoisotopic (exact) mass is 298 g/mol. The third-order valence-electron chi connectivity index (χ3n) is 3.98. The second-order valence-corrected chi connectivity index (χ2v) is 5.94. The van der Waals surface area contributed by atoms with Gasteiger partial charge in [0.05, 0.1) is 5.69 Å². The van der Waals surface area contributed by atoms with Crippen molar-refractivity contribution in [2.75, 3.05) is 0 Å². The normalized spacial score (nSPS) is 11.7. The van der Waals surface area contributed by atoms with Crippen LogP contribution in [0.2, 0.25) is 0 Å². The van der Waals surface area contributed by atoms with Gasteiger partial charge in [-0.2, -0.15) is 20.5 Å². The van der Waals surface area contributed by atoms with Crippen LogP contribution in [0.25, 0.3) is 11.0 Å². The maximum Gasteiger partial charge on any atom is 0.113 e. The molecule has 0 spiro atoms. The zero-order valence-corrected chi connectivity index (χ0v) is 13.5. The summed E-state index contributed by atoms with van der Waals surface area (Å²) < 4.78 is 2.09. The number of hydrogen-bond donors (Lipinski definition) is 2. The van der Waals surface area contributed by atoms with E-state index in [2.05, 4.69) is 70.3 Å². The first-order valence-corrected chi connectivity index (χ1v) is 7.61. The molecule has 0 unspecified atom stereocenters. The highest BCUT2D eigenvalue weighted by Gasteiger charge is 2.12. The van der Waals surface area contributed by atoms with Gasteiger partial charge in [0.2, 0.25) is 0 Å². The van der Waals surface area contributed by atoms with E-state index in [1.165, 1.54) is 16.8 Å². The fourth-order valence-electron chi connectivity index (χ4n) is 2.78. The Bertz CT molecular complexity index is 783. The molecule has 0 saturated carbocycles. The zero-order chi connectivity index (χ0) is 15.7. The van der Waals surface area contributed by atoms with E-state index in [1.54, 1.807) is 0 Å². The van der Waals surface area contributed by atoms with E-state index in [-0.39, 0.29) is 0 Å². The highest BCUT2D eigenvalue weighted by molar-refractivity contribution is 5.74. The van der Waals surface area contributed by atoms with E-state index >= 15 is 0 Å². The summed E-state index contributed by atoms with van der Waals surface area (Å²) >= 11 is 0. The van der Waals surface area contributed by atoms with Gasteiger partial charge in [0, 0.05) is 30.4 Å². The molecule has 3 rings (SSSR count). The Hall–Kier alpha value is -2.21. The first-order valence-electron chi connectivity index (χ1n) is 7.61. The predicted molar refractivity (Wildman–Crippen MR) is 86.5 cm³/mol. The molecule has 0 amide bonds. The SMILES string of the molecule is Cc1nn(C(C)C)c(C)c1CNCc1ccc2n[nH]nc2c1. The number of nitrogens with zero attached hydrogens (tertiary/aromatic N) is 4. The lowest BCUT2D eigenvalue weighted by Gasteiger charge is -2.09. The highest BCUT2D eigenvalue weighted by atomic mass is 15.3. The molecule has 0 aliphatic carbocycles. The number of fused-ring (bicyclic) bond motifs is 1. The molecule has 0 aliphatic heterocycles. The smallest absolute Gasteiger partial charge is 0.113 e. The third-order valence-corrected chi connectivity index (χ3v) is 3.98. The predicted octanol–water partition coefficient (Wildman–Crippen LogP) is 2.64. The topological polar surface area (TPSA) is 71.4 Å². The molecule has 0 radical (unpaired) electrons. The quantitative estimate of drug-likeness (QED) is 0.759.